The third kappa shape index (κ3) is 3.44. The van der Waals surface area contributed by atoms with E-state index in [1.807, 2.05) is 0 Å². The number of nitrogens with two attached hydrogens (primary N) is 1. The molecule has 112 valence electrons. The van der Waals surface area contributed by atoms with Crippen LogP contribution in [0.15, 0.2) is 35.3 Å². The van der Waals surface area contributed by atoms with Crippen molar-refractivity contribution in [1.82, 2.24) is 4.98 Å². The molecule has 6 heteroatoms. The number of hydrogen-bond donors (Lipinski definition) is 1. The van der Waals surface area contributed by atoms with Gasteiger partial charge in [-0.2, -0.15) is 13.2 Å². The van der Waals surface area contributed by atoms with Crippen LogP contribution in [0.5, 0.6) is 0 Å². The Bertz CT molecular complexity index is 680. The predicted octanol–water partition coefficient (Wildman–Crippen LogP) is 4.46. The van der Waals surface area contributed by atoms with Gasteiger partial charge in [0.2, 0.25) is 0 Å². The molecule has 0 saturated heterocycles. The van der Waals surface area contributed by atoms with Crippen LogP contribution < -0.4 is 5.73 Å². The van der Waals surface area contributed by atoms with Gasteiger partial charge in [-0.15, -0.1) is 0 Å². The Labute approximate surface area is 129 Å². The molecule has 1 heterocycles. The molecule has 2 nitrogen and oxygen atoms in total. The number of nitrogens with zero attached hydrogens (tertiary/aromatic N) is 1. The first-order valence-corrected chi connectivity index (χ1v) is 7.18. The number of alkyl halides is 3. The first kappa shape index (κ1) is 16.0. The summed E-state index contributed by atoms with van der Waals surface area (Å²) >= 11 is 3.37. The summed E-state index contributed by atoms with van der Waals surface area (Å²) < 4.78 is 39.7. The Morgan fingerprint density at radius 3 is 2.62 bits per heavy atom. The van der Waals surface area contributed by atoms with Gasteiger partial charge >= 0.3 is 6.18 Å². The summed E-state index contributed by atoms with van der Waals surface area (Å²) in [5.41, 5.74) is 4.99. The van der Waals surface area contributed by atoms with Crippen LogP contribution >= 0.6 is 15.9 Å². The van der Waals surface area contributed by atoms with Crippen molar-refractivity contribution in [2.75, 3.05) is 6.54 Å². The van der Waals surface area contributed by atoms with Crippen LogP contribution in [-0.2, 0) is 6.42 Å². The molecular formula is C15H14BrF3N2. The molecule has 0 fully saturated rings. The summed E-state index contributed by atoms with van der Waals surface area (Å²) in [6.45, 7) is 3.63. The van der Waals surface area contributed by atoms with E-state index in [4.69, 9.17) is 5.73 Å². The number of hydrogen-bond acceptors (Lipinski definition) is 2. The zero-order chi connectivity index (χ0) is 15.6. The van der Waals surface area contributed by atoms with E-state index in [1.165, 1.54) is 0 Å². The van der Waals surface area contributed by atoms with Gasteiger partial charge in [0.25, 0.3) is 0 Å². The lowest BCUT2D eigenvalue weighted by Crippen LogP contribution is -2.12. The molecule has 21 heavy (non-hydrogen) atoms. The average molecular weight is 359 g/mol. The van der Waals surface area contributed by atoms with Crippen LogP contribution in [0.25, 0.3) is 16.3 Å². The monoisotopic (exact) mass is 358 g/mol. The third-order valence-corrected chi connectivity index (χ3v) is 3.83. The lowest BCUT2D eigenvalue weighted by molar-refractivity contribution is -0.0688. The van der Waals surface area contributed by atoms with E-state index in [9.17, 15) is 13.2 Å². The highest BCUT2D eigenvalue weighted by Gasteiger charge is 2.35. The van der Waals surface area contributed by atoms with E-state index in [2.05, 4.69) is 27.5 Å². The van der Waals surface area contributed by atoms with E-state index in [0.29, 0.717) is 35.9 Å². The average Bonchev–Trinajstić information content (AvgIpc) is 2.43. The maximum absolute atomic E-state index is 13.0. The van der Waals surface area contributed by atoms with E-state index < -0.39 is 11.7 Å². The highest BCUT2D eigenvalue weighted by molar-refractivity contribution is 9.10. The lowest BCUT2D eigenvalue weighted by Gasteiger charge is -2.14. The maximum atomic E-state index is 13.0. The number of halogens is 4. The van der Waals surface area contributed by atoms with Crippen molar-refractivity contribution < 1.29 is 13.2 Å². The maximum Gasteiger partial charge on any atom is 0.417 e. The van der Waals surface area contributed by atoms with Crippen molar-refractivity contribution in [2.45, 2.75) is 19.0 Å². The largest absolute Gasteiger partial charge is 0.417 e. The highest BCUT2D eigenvalue weighted by Crippen LogP contribution is 2.36. The molecule has 0 saturated carbocycles. The fourth-order valence-corrected chi connectivity index (χ4v) is 2.55. The molecule has 0 atom stereocenters. The Kier molecular flexibility index (Phi) is 4.68. The quantitative estimate of drug-likeness (QED) is 0.875. The molecule has 0 unspecified atom stereocenters. The van der Waals surface area contributed by atoms with Gasteiger partial charge in [0.15, 0.2) is 0 Å². The summed E-state index contributed by atoms with van der Waals surface area (Å²) in [7, 11) is 0. The lowest BCUT2D eigenvalue weighted by atomic mass is 10.0. The van der Waals surface area contributed by atoms with E-state index in [1.54, 1.807) is 24.3 Å². The van der Waals surface area contributed by atoms with Gasteiger partial charge < -0.3 is 5.73 Å². The zero-order valence-corrected chi connectivity index (χ0v) is 12.8. The van der Waals surface area contributed by atoms with Gasteiger partial charge in [0.05, 0.1) is 11.3 Å². The number of fused-ring (bicyclic) bond motifs is 1. The topological polar surface area (TPSA) is 38.9 Å². The Balaban J connectivity index is 2.66. The van der Waals surface area contributed by atoms with Crippen molar-refractivity contribution in [2.24, 2.45) is 5.73 Å². The van der Waals surface area contributed by atoms with Gasteiger partial charge in [-0.1, -0.05) is 34.6 Å². The molecule has 1 aromatic carbocycles. The van der Waals surface area contributed by atoms with Crippen molar-refractivity contribution in [3.05, 3.63) is 46.7 Å². The summed E-state index contributed by atoms with van der Waals surface area (Å²) in [4.78, 5) is 4.15. The molecule has 0 radical (unpaired) electrons. The smallest absolute Gasteiger partial charge is 0.330 e. The van der Waals surface area contributed by atoms with E-state index in [0.717, 1.165) is 4.47 Å². The number of pyridine rings is 1. The second-order valence-corrected chi connectivity index (χ2v) is 5.52. The van der Waals surface area contributed by atoms with Crippen LogP contribution in [0.2, 0.25) is 0 Å². The first-order chi connectivity index (χ1) is 9.84. The van der Waals surface area contributed by atoms with Crippen molar-refractivity contribution in [3.63, 3.8) is 0 Å². The minimum Gasteiger partial charge on any atom is -0.330 e. The van der Waals surface area contributed by atoms with Crippen molar-refractivity contribution in [1.29, 1.82) is 0 Å². The summed E-state index contributed by atoms with van der Waals surface area (Å²) in [6, 6.07) is 6.88. The van der Waals surface area contributed by atoms with Crippen LogP contribution in [0, 0.1) is 0 Å². The van der Waals surface area contributed by atoms with Crippen LogP contribution in [-0.4, -0.2) is 17.7 Å². The van der Waals surface area contributed by atoms with Crippen LogP contribution in [0.1, 0.15) is 17.8 Å². The van der Waals surface area contributed by atoms with E-state index in [-0.39, 0.29) is 5.69 Å². The number of aromatic nitrogens is 1. The second-order valence-electron chi connectivity index (χ2n) is 4.67. The van der Waals surface area contributed by atoms with Crippen molar-refractivity contribution in [3.8, 4) is 0 Å². The number of aryl methyl sites for hydroxylation is 1. The van der Waals surface area contributed by atoms with Gasteiger partial charge in [0, 0.05) is 15.6 Å². The van der Waals surface area contributed by atoms with E-state index >= 15 is 0 Å². The molecule has 2 N–H and O–H groups in total. The van der Waals surface area contributed by atoms with Crippen molar-refractivity contribution >= 4 is 32.3 Å². The molecule has 0 amide bonds. The third-order valence-electron chi connectivity index (χ3n) is 3.14. The molecule has 0 spiro atoms. The van der Waals surface area contributed by atoms with Crippen LogP contribution in [0.3, 0.4) is 0 Å². The normalized spacial score (nSPS) is 11.9. The summed E-state index contributed by atoms with van der Waals surface area (Å²) in [5, 5.41) is 1.13. The molecule has 0 aliphatic carbocycles. The number of rotatable bonds is 4. The van der Waals surface area contributed by atoms with Gasteiger partial charge in [0.1, 0.15) is 0 Å². The van der Waals surface area contributed by atoms with Gasteiger partial charge in [-0.25, -0.2) is 0 Å². The standard InChI is InChI=1S/C15H14BrF3N2/c1-9(15(17,18)19)14-11-5-2-6-13(16)12(11)8-10(21-14)4-3-7-20/h2,5-6,8H,1,3-4,7,20H2. The molecule has 1 aromatic heterocycles. The number of allylic oxidation sites excluding steroid dienone is 1. The fraction of sp³-hybridized carbons (Fsp3) is 0.267. The van der Waals surface area contributed by atoms with Gasteiger partial charge in [-0.05, 0) is 36.9 Å². The SMILES string of the molecule is C=C(c1nc(CCCN)cc2c(Br)cccc12)C(F)(F)F. The molecule has 0 aliphatic rings. The molecule has 2 rings (SSSR count). The molecule has 2 aromatic rings. The minimum atomic E-state index is -4.51. The zero-order valence-electron chi connectivity index (χ0n) is 11.2. The molecule has 0 bridgehead atoms. The molecular weight excluding hydrogens is 345 g/mol. The highest BCUT2D eigenvalue weighted by atomic mass is 79.9. The Morgan fingerprint density at radius 2 is 2.00 bits per heavy atom. The van der Waals surface area contributed by atoms with Gasteiger partial charge in [-0.3, -0.25) is 4.98 Å². The number of benzene rings is 1. The predicted molar refractivity (Wildman–Crippen MR) is 81.9 cm³/mol. The Hall–Kier alpha value is -1.40. The molecule has 0 aliphatic heterocycles. The van der Waals surface area contributed by atoms with Crippen LogP contribution in [0.4, 0.5) is 13.2 Å². The summed E-state index contributed by atoms with van der Waals surface area (Å²) in [6.07, 6.45) is -3.30. The Morgan fingerprint density at radius 1 is 1.29 bits per heavy atom. The second kappa shape index (κ2) is 6.15. The fourth-order valence-electron chi connectivity index (χ4n) is 2.07. The summed E-state index contributed by atoms with van der Waals surface area (Å²) in [5.74, 6) is 0. The first-order valence-electron chi connectivity index (χ1n) is 6.39. The minimum absolute atomic E-state index is 0.117.